The van der Waals surface area contributed by atoms with Crippen molar-refractivity contribution in [2.45, 2.75) is 20.0 Å². The van der Waals surface area contributed by atoms with E-state index in [2.05, 4.69) is 34.0 Å². The molecule has 1 aromatic carbocycles. The Bertz CT molecular complexity index is 633. The first-order valence-corrected chi connectivity index (χ1v) is 8.40. The van der Waals surface area contributed by atoms with E-state index in [0.29, 0.717) is 6.54 Å². The van der Waals surface area contributed by atoms with Gasteiger partial charge in [-0.2, -0.15) is 0 Å². The molecule has 132 valence electrons. The molecule has 0 fully saturated rings. The van der Waals surface area contributed by atoms with E-state index in [-0.39, 0.29) is 24.0 Å². The van der Waals surface area contributed by atoms with Crippen LogP contribution in [0, 0.1) is 0 Å². The van der Waals surface area contributed by atoms with Crippen molar-refractivity contribution >= 4 is 41.3 Å². The van der Waals surface area contributed by atoms with Gasteiger partial charge in [0.25, 0.3) is 0 Å². The maximum atomic E-state index is 5.41. The second-order valence-electron chi connectivity index (χ2n) is 4.81. The van der Waals surface area contributed by atoms with Crippen molar-refractivity contribution in [2.24, 2.45) is 4.99 Å². The molecule has 1 aromatic heterocycles. The number of nitrogens with one attached hydrogen (secondary N) is 2. The van der Waals surface area contributed by atoms with Crippen molar-refractivity contribution < 1.29 is 9.47 Å². The molecule has 0 aliphatic carbocycles. The fourth-order valence-corrected chi connectivity index (χ4v) is 2.72. The third kappa shape index (κ3) is 6.20. The van der Waals surface area contributed by atoms with Crippen LogP contribution in [0.3, 0.4) is 0 Å². The number of methoxy groups -OCH3 is 2. The van der Waals surface area contributed by atoms with E-state index in [1.165, 1.54) is 4.88 Å². The average molecular weight is 461 g/mol. The predicted molar refractivity (Wildman–Crippen MR) is 111 cm³/mol. The van der Waals surface area contributed by atoms with Crippen molar-refractivity contribution in [2.75, 3.05) is 20.8 Å². The number of ether oxygens (including phenoxy) is 2. The number of benzene rings is 1. The summed E-state index contributed by atoms with van der Waals surface area (Å²) in [5.74, 6) is 2.35. The molecular formula is C17H24IN3O2S. The summed E-state index contributed by atoms with van der Waals surface area (Å²) < 4.78 is 10.6. The predicted octanol–water partition coefficient (Wildman–Crippen LogP) is 3.64. The number of thiophene rings is 1. The number of hydrogen-bond acceptors (Lipinski definition) is 4. The first kappa shape index (κ1) is 20.6. The lowest BCUT2D eigenvalue weighted by molar-refractivity contribution is 0.391. The van der Waals surface area contributed by atoms with Gasteiger partial charge in [0.05, 0.1) is 27.3 Å². The van der Waals surface area contributed by atoms with Gasteiger partial charge in [-0.05, 0) is 30.5 Å². The van der Waals surface area contributed by atoms with Crippen molar-refractivity contribution in [3.05, 3.63) is 46.2 Å². The van der Waals surface area contributed by atoms with Crippen LogP contribution in [0.1, 0.15) is 17.4 Å². The molecular weight excluding hydrogens is 437 g/mol. The first-order valence-electron chi connectivity index (χ1n) is 7.52. The molecule has 0 amide bonds. The van der Waals surface area contributed by atoms with Gasteiger partial charge in [0, 0.05) is 23.1 Å². The minimum Gasteiger partial charge on any atom is -0.497 e. The number of guanidine groups is 1. The highest BCUT2D eigenvalue weighted by Crippen LogP contribution is 2.25. The molecule has 0 saturated heterocycles. The summed E-state index contributed by atoms with van der Waals surface area (Å²) in [6.45, 7) is 4.17. The van der Waals surface area contributed by atoms with Crippen LogP contribution in [0.25, 0.3) is 0 Å². The minimum atomic E-state index is 0. The third-order valence-corrected chi connectivity index (χ3v) is 4.13. The molecule has 0 unspecified atom stereocenters. The molecule has 24 heavy (non-hydrogen) atoms. The number of nitrogens with zero attached hydrogens (tertiary/aromatic N) is 1. The lowest BCUT2D eigenvalue weighted by Crippen LogP contribution is -2.36. The van der Waals surface area contributed by atoms with Crippen LogP contribution in [0.15, 0.2) is 40.7 Å². The van der Waals surface area contributed by atoms with Crippen molar-refractivity contribution in [1.29, 1.82) is 0 Å². The Morgan fingerprint density at radius 1 is 1.17 bits per heavy atom. The fraction of sp³-hybridized carbons (Fsp3) is 0.353. The summed E-state index contributed by atoms with van der Waals surface area (Å²) >= 11 is 1.73. The van der Waals surface area contributed by atoms with Gasteiger partial charge in [0.1, 0.15) is 11.5 Å². The number of hydrogen-bond donors (Lipinski definition) is 2. The summed E-state index contributed by atoms with van der Waals surface area (Å²) in [6, 6.07) is 9.92. The van der Waals surface area contributed by atoms with Crippen LogP contribution in [0.4, 0.5) is 0 Å². The molecule has 2 N–H and O–H groups in total. The lowest BCUT2D eigenvalue weighted by Gasteiger charge is -2.12. The van der Waals surface area contributed by atoms with Gasteiger partial charge in [0.2, 0.25) is 0 Å². The molecule has 1 heterocycles. The summed E-state index contributed by atoms with van der Waals surface area (Å²) in [4.78, 5) is 5.90. The van der Waals surface area contributed by atoms with Gasteiger partial charge >= 0.3 is 0 Å². The van der Waals surface area contributed by atoms with E-state index in [1.807, 2.05) is 24.3 Å². The number of rotatable bonds is 7. The zero-order valence-corrected chi connectivity index (χ0v) is 17.3. The molecule has 0 aliphatic heterocycles. The quantitative estimate of drug-likeness (QED) is 0.376. The van der Waals surface area contributed by atoms with Crippen molar-refractivity contribution in [3.8, 4) is 11.5 Å². The Labute approximate surface area is 164 Å². The van der Waals surface area contributed by atoms with Crippen molar-refractivity contribution in [1.82, 2.24) is 10.6 Å². The van der Waals surface area contributed by atoms with Gasteiger partial charge in [-0.1, -0.05) is 6.07 Å². The zero-order chi connectivity index (χ0) is 16.5. The van der Waals surface area contributed by atoms with E-state index >= 15 is 0 Å². The number of halogens is 1. The van der Waals surface area contributed by atoms with Gasteiger partial charge in [-0.25, -0.2) is 4.99 Å². The molecule has 2 rings (SSSR count). The smallest absolute Gasteiger partial charge is 0.191 e. The topological polar surface area (TPSA) is 54.9 Å². The maximum Gasteiger partial charge on any atom is 0.191 e. The molecule has 0 saturated carbocycles. The summed E-state index contributed by atoms with van der Waals surface area (Å²) in [5.41, 5.74) is 1.02. The fourth-order valence-electron chi connectivity index (χ4n) is 2.07. The second-order valence-corrected chi connectivity index (χ2v) is 5.84. The number of aliphatic imine (C=N–C) groups is 1. The summed E-state index contributed by atoms with van der Waals surface area (Å²) in [5, 5.41) is 8.66. The first-order chi connectivity index (χ1) is 11.3. The molecule has 0 aliphatic rings. The standard InChI is InChI=1S/C17H23N3O2S.HI/c1-4-18-17(20-12-15-6-5-9-23-15)19-11-13-7-8-14(21-2)10-16(13)22-3;/h5-10H,4,11-12H2,1-3H3,(H2,18,19,20);1H. The highest BCUT2D eigenvalue weighted by molar-refractivity contribution is 14.0. The normalized spacial score (nSPS) is 10.7. The second kappa shape index (κ2) is 11.1. The largest absolute Gasteiger partial charge is 0.497 e. The van der Waals surface area contributed by atoms with Gasteiger partial charge in [-0.15, -0.1) is 35.3 Å². The van der Waals surface area contributed by atoms with Crippen LogP contribution >= 0.6 is 35.3 Å². The van der Waals surface area contributed by atoms with Gasteiger partial charge < -0.3 is 20.1 Å². The summed E-state index contributed by atoms with van der Waals surface area (Å²) in [6.07, 6.45) is 0. The van der Waals surface area contributed by atoms with E-state index in [4.69, 9.17) is 9.47 Å². The highest BCUT2D eigenvalue weighted by atomic mass is 127. The lowest BCUT2D eigenvalue weighted by atomic mass is 10.2. The van der Waals surface area contributed by atoms with E-state index < -0.39 is 0 Å². The molecule has 7 heteroatoms. The van der Waals surface area contributed by atoms with Crippen LogP contribution in [0.2, 0.25) is 0 Å². The monoisotopic (exact) mass is 461 g/mol. The van der Waals surface area contributed by atoms with Crippen LogP contribution in [0.5, 0.6) is 11.5 Å². The highest BCUT2D eigenvalue weighted by Gasteiger charge is 2.05. The summed E-state index contributed by atoms with van der Waals surface area (Å²) in [7, 11) is 3.30. The minimum absolute atomic E-state index is 0. The van der Waals surface area contributed by atoms with Crippen LogP contribution in [-0.4, -0.2) is 26.7 Å². The van der Waals surface area contributed by atoms with E-state index in [9.17, 15) is 0 Å². The van der Waals surface area contributed by atoms with E-state index in [1.54, 1.807) is 25.6 Å². The molecule has 0 radical (unpaired) electrons. The van der Waals surface area contributed by atoms with Gasteiger partial charge in [-0.3, -0.25) is 0 Å². The van der Waals surface area contributed by atoms with Gasteiger partial charge in [0.15, 0.2) is 5.96 Å². The molecule has 0 bridgehead atoms. The van der Waals surface area contributed by atoms with Crippen LogP contribution in [-0.2, 0) is 13.1 Å². The Balaban J connectivity index is 0.00000288. The Morgan fingerprint density at radius 3 is 2.62 bits per heavy atom. The zero-order valence-electron chi connectivity index (χ0n) is 14.2. The Morgan fingerprint density at radius 2 is 2.00 bits per heavy atom. The maximum absolute atomic E-state index is 5.41. The Hall–Kier alpha value is -1.48. The third-order valence-electron chi connectivity index (χ3n) is 3.26. The molecule has 2 aromatic rings. The van der Waals surface area contributed by atoms with Crippen LogP contribution < -0.4 is 20.1 Å². The Kier molecular flexibility index (Phi) is 9.55. The molecule has 5 nitrogen and oxygen atoms in total. The molecule has 0 atom stereocenters. The SMILES string of the molecule is CCNC(=NCc1ccc(OC)cc1OC)NCc1cccs1.I. The average Bonchev–Trinajstić information content (AvgIpc) is 3.10. The van der Waals surface area contributed by atoms with E-state index in [0.717, 1.165) is 36.1 Å². The molecule has 0 spiro atoms. The van der Waals surface area contributed by atoms with Crippen molar-refractivity contribution in [3.63, 3.8) is 0 Å².